The molecule has 0 aromatic carbocycles. The lowest BCUT2D eigenvalue weighted by atomic mass is 9.92. The van der Waals surface area contributed by atoms with Crippen LogP contribution in [0.4, 0.5) is 0 Å². The second-order valence-corrected chi connectivity index (χ2v) is 6.27. The van der Waals surface area contributed by atoms with Gasteiger partial charge in [0.05, 0.1) is 6.20 Å². The molecule has 3 N–H and O–H groups in total. The van der Waals surface area contributed by atoms with Gasteiger partial charge in [-0.3, -0.25) is 0 Å². The van der Waals surface area contributed by atoms with E-state index in [9.17, 15) is 8.42 Å². The molecule has 1 saturated carbocycles. The summed E-state index contributed by atoms with van der Waals surface area (Å²) >= 11 is 0. The average Bonchev–Trinajstić information content (AvgIpc) is 2.39. The van der Waals surface area contributed by atoms with Gasteiger partial charge in [-0.05, 0) is 32.4 Å². The minimum atomic E-state index is -3.70. The van der Waals surface area contributed by atoms with Gasteiger partial charge in [0, 0.05) is 12.1 Å². The molecule has 0 saturated heterocycles. The molecule has 1 aromatic rings. The van der Waals surface area contributed by atoms with Crippen molar-refractivity contribution in [3.63, 3.8) is 0 Å². The molecule has 0 aliphatic heterocycles. The number of ether oxygens (including phenoxy) is 1. The molecule has 106 valence electrons. The van der Waals surface area contributed by atoms with Crippen LogP contribution in [0, 0.1) is 0 Å². The Kier molecular flexibility index (Phi) is 4.38. The van der Waals surface area contributed by atoms with Gasteiger partial charge in [0.1, 0.15) is 11.0 Å². The molecular weight excluding hydrogens is 266 g/mol. The van der Waals surface area contributed by atoms with Gasteiger partial charge in [-0.1, -0.05) is 6.42 Å². The quantitative estimate of drug-likeness (QED) is 0.846. The molecule has 2 unspecified atom stereocenters. The largest absolute Gasteiger partial charge is 0.473 e. The summed E-state index contributed by atoms with van der Waals surface area (Å²) in [5.41, 5.74) is 0. The lowest BCUT2D eigenvalue weighted by Crippen LogP contribution is -2.43. The van der Waals surface area contributed by atoms with Gasteiger partial charge in [0.25, 0.3) is 0 Å². The Morgan fingerprint density at radius 2 is 2.11 bits per heavy atom. The number of hydrogen-bond donors (Lipinski definition) is 2. The highest BCUT2D eigenvalue weighted by Gasteiger charge is 2.25. The molecule has 1 aliphatic carbocycles. The Hall–Kier alpha value is -1.18. The molecule has 19 heavy (non-hydrogen) atoms. The second kappa shape index (κ2) is 5.85. The maximum atomic E-state index is 11.1. The third-order valence-electron chi connectivity index (χ3n) is 3.38. The summed E-state index contributed by atoms with van der Waals surface area (Å²) in [5, 5.41) is 8.26. The molecular formula is C12H19N3O3S. The summed E-state index contributed by atoms with van der Waals surface area (Å²) in [5.74, 6) is 0.430. The first kappa shape index (κ1) is 14.2. The van der Waals surface area contributed by atoms with Crippen LogP contribution >= 0.6 is 0 Å². The summed E-state index contributed by atoms with van der Waals surface area (Å²) in [6.45, 7) is 0. The van der Waals surface area contributed by atoms with E-state index in [1.165, 1.54) is 18.7 Å². The fraction of sp³-hybridized carbons (Fsp3) is 0.583. The molecule has 7 heteroatoms. The standard InChI is InChI=1S/C12H19N3O3S/c1-14-10-4-2-3-5-11(10)18-12-7-6-9(8-15-12)19(13,16)17/h6-8,10-11,14H,2-5H2,1H3,(H2,13,16,17). The number of pyridine rings is 1. The van der Waals surface area contributed by atoms with Gasteiger partial charge >= 0.3 is 0 Å². The number of nitrogens with one attached hydrogen (secondary N) is 1. The number of aromatic nitrogens is 1. The fourth-order valence-corrected chi connectivity index (χ4v) is 2.79. The highest BCUT2D eigenvalue weighted by molar-refractivity contribution is 7.89. The zero-order valence-electron chi connectivity index (χ0n) is 10.9. The van der Waals surface area contributed by atoms with E-state index in [1.807, 2.05) is 7.05 Å². The van der Waals surface area contributed by atoms with Crippen molar-refractivity contribution in [1.82, 2.24) is 10.3 Å². The monoisotopic (exact) mass is 285 g/mol. The van der Waals surface area contributed by atoms with Gasteiger partial charge in [0.15, 0.2) is 0 Å². The van der Waals surface area contributed by atoms with Crippen LogP contribution in [0.15, 0.2) is 23.2 Å². The van der Waals surface area contributed by atoms with Crippen molar-refractivity contribution in [2.24, 2.45) is 5.14 Å². The van der Waals surface area contributed by atoms with Crippen molar-refractivity contribution >= 4 is 10.0 Å². The van der Waals surface area contributed by atoms with Crippen LogP contribution in [0.3, 0.4) is 0 Å². The van der Waals surface area contributed by atoms with E-state index in [2.05, 4.69) is 10.3 Å². The highest BCUT2D eigenvalue weighted by atomic mass is 32.2. The molecule has 1 aliphatic rings. The van der Waals surface area contributed by atoms with Gasteiger partial charge in [-0.15, -0.1) is 0 Å². The normalized spacial score (nSPS) is 24.1. The Morgan fingerprint density at radius 3 is 2.68 bits per heavy atom. The van der Waals surface area contributed by atoms with E-state index >= 15 is 0 Å². The van der Waals surface area contributed by atoms with E-state index in [4.69, 9.17) is 9.88 Å². The summed E-state index contributed by atoms with van der Waals surface area (Å²) in [6, 6.07) is 3.27. The van der Waals surface area contributed by atoms with Crippen molar-refractivity contribution < 1.29 is 13.2 Å². The molecule has 1 fully saturated rings. The van der Waals surface area contributed by atoms with E-state index in [0.29, 0.717) is 11.9 Å². The van der Waals surface area contributed by atoms with Gasteiger partial charge in [-0.25, -0.2) is 18.5 Å². The summed E-state index contributed by atoms with van der Waals surface area (Å²) in [4.78, 5) is 3.99. The van der Waals surface area contributed by atoms with Gasteiger partial charge < -0.3 is 10.1 Å². The van der Waals surface area contributed by atoms with Gasteiger partial charge in [0.2, 0.25) is 15.9 Å². The molecule has 6 nitrogen and oxygen atoms in total. The number of hydrogen-bond acceptors (Lipinski definition) is 5. The third kappa shape index (κ3) is 3.65. The van der Waals surface area contributed by atoms with E-state index in [0.717, 1.165) is 19.3 Å². The molecule has 1 aromatic heterocycles. The molecule has 1 heterocycles. The van der Waals surface area contributed by atoms with Crippen LogP contribution in [-0.4, -0.2) is 32.6 Å². The lowest BCUT2D eigenvalue weighted by molar-refractivity contribution is 0.113. The Balaban J connectivity index is 2.06. The number of likely N-dealkylation sites (N-methyl/N-ethyl adjacent to an activating group) is 1. The maximum Gasteiger partial charge on any atom is 0.239 e. The SMILES string of the molecule is CNC1CCCCC1Oc1ccc(S(N)(=O)=O)cn1. The van der Waals surface area contributed by atoms with E-state index in [-0.39, 0.29) is 11.0 Å². The molecule has 2 rings (SSSR count). The van der Waals surface area contributed by atoms with Crippen LogP contribution in [0.1, 0.15) is 25.7 Å². The van der Waals surface area contributed by atoms with Crippen molar-refractivity contribution in [3.8, 4) is 5.88 Å². The van der Waals surface area contributed by atoms with Crippen molar-refractivity contribution in [2.75, 3.05) is 7.05 Å². The van der Waals surface area contributed by atoms with Crippen LogP contribution in [0.25, 0.3) is 0 Å². The first-order valence-corrected chi connectivity index (χ1v) is 7.88. The van der Waals surface area contributed by atoms with Crippen LogP contribution in [0.5, 0.6) is 5.88 Å². The molecule has 2 atom stereocenters. The molecule has 0 radical (unpaired) electrons. The molecule has 0 amide bonds. The third-order valence-corrected chi connectivity index (χ3v) is 4.28. The summed E-state index contributed by atoms with van der Waals surface area (Å²) < 4.78 is 28.1. The Labute approximate surface area is 113 Å². The zero-order chi connectivity index (χ0) is 13.9. The lowest BCUT2D eigenvalue weighted by Gasteiger charge is -2.31. The first-order valence-electron chi connectivity index (χ1n) is 6.33. The van der Waals surface area contributed by atoms with Crippen molar-refractivity contribution in [2.45, 2.75) is 42.7 Å². The van der Waals surface area contributed by atoms with Gasteiger partial charge in [-0.2, -0.15) is 0 Å². The summed E-state index contributed by atoms with van der Waals surface area (Å²) in [7, 11) is -1.78. The Bertz CT molecular complexity index is 516. The van der Waals surface area contributed by atoms with Crippen LogP contribution < -0.4 is 15.2 Å². The number of primary sulfonamides is 1. The minimum Gasteiger partial charge on any atom is -0.473 e. The number of rotatable bonds is 4. The highest BCUT2D eigenvalue weighted by Crippen LogP contribution is 2.23. The topological polar surface area (TPSA) is 94.3 Å². The first-order chi connectivity index (χ1) is 9.00. The van der Waals surface area contributed by atoms with E-state index < -0.39 is 10.0 Å². The fourth-order valence-electron chi connectivity index (χ4n) is 2.33. The Morgan fingerprint density at radius 1 is 1.37 bits per heavy atom. The zero-order valence-corrected chi connectivity index (χ0v) is 11.7. The second-order valence-electron chi connectivity index (χ2n) is 4.71. The number of nitrogens with two attached hydrogens (primary N) is 1. The maximum absolute atomic E-state index is 11.1. The van der Waals surface area contributed by atoms with E-state index in [1.54, 1.807) is 6.07 Å². The predicted octanol–water partition coefficient (Wildman–Crippen LogP) is 0.638. The number of sulfonamides is 1. The molecule has 0 bridgehead atoms. The molecule has 0 spiro atoms. The van der Waals surface area contributed by atoms with Crippen LogP contribution in [0.2, 0.25) is 0 Å². The average molecular weight is 285 g/mol. The smallest absolute Gasteiger partial charge is 0.239 e. The predicted molar refractivity (Wildman–Crippen MR) is 71.3 cm³/mol. The minimum absolute atomic E-state index is 0.00587. The van der Waals surface area contributed by atoms with Crippen molar-refractivity contribution in [1.29, 1.82) is 0 Å². The number of nitrogens with zero attached hydrogens (tertiary/aromatic N) is 1. The van der Waals surface area contributed by atoms with Crippen LogP contribution in [-0.2, 0) is 10.0 Å². The van der Waals surface area contributed by atoms with Crippen molar-refractivity contribution in [3.05, 3.63) is 18.3 Å². The summed E-state index contributed by atoms with van der Waals surface area (Å²) in [6.07, 6.45) is 5.69.